The Hall–Kier alpha value is -0.730. The highest BCUT2D eigenvalue weighted by molar-refractivity contribution is 6.31. The maximum Gasteiger partial charge on any atom is 0.0471 e. The molecule has 0 bridgehead atoms. The van der Waals surface area contributed by atoms with Gasteiger partial charge in [0.2, 0.25) is 0 Å². The normalized spacial score (nSPS) is 16.1. The first kappa shape index (κ1) is 14.7. The van der Waals surface area contributed by atoms with Crippen LogP contribution in [0.15, 0.2) is 18.2 Å². The summed E-state index contributed by atoms with van der Waals surface area (Å²) >= 11 is 6.40. The van der Waals surface area contributed by atoms with Crippen LogP contribution in [0, 0.1) is 5.92 Å². The zero-order valence-corrected chi connectivity index (χ0v) is 12.8. The van der Waals surface area contributed by atoms with Crippen LogP contribution in [0.1, 0.15) is 38.7 Å². The van der Waals surface area contributed by atoms with Crippen molar-refractivity contribution in [3.63, 3.8) is 0 Å². The second-order valence-corrected chi connectivity index (χ2v) is 6.26. The summed E-state index contributed by atoms with van der Waals surface area (Å²) in [4.78, 5) is 2.45. The van der Waals surface area contributed by atoms with Crippen molar-refractivity contribution in [3.8, 4) is 0 Å². The molecule has 3 heteroatoms. The predicted molar refractivity (Wildman–Crippen MR) is 84.1 cm³/mol. The van der Waals surface area contributed by atoms with Crippen molar-refractivity contribution >= 4 is 17.3 Å². The van der Waals surface area contributed by atoms with Crippen LogP contribution in [0.5, 0.6) is 0 Å². The van der Waals surface area contributed by atoms with E-state index in [1.807, 2.05) is 0 Å². The van der Waals surface area contributed by atoms with Crippen LogP contribution in [0.2, 0.25) is 5.02 Å². The molecule has 1 aliphatic rings. The maximum absolute atomic E-state index is 6.40. The van der Waals surface area contributed by atoms with Gasteiger partial charge in [-0.05, 0) is 49.4 Å². The zero-order valence-electron chi connectivity index (χ0n) is 12.1. The van der Waals surface area contributed by atoms with E-state index in [0.29, 0.717) is 5.92 Å². The Kier molecular flexibility index (Phi) is 5.53. The molecule has 1 heterocycles. The van der Waals surface area contributed by atoms with E-state index in [9.17, 15) is 0 Å². The lowest BCUT2D eigenvalue weighted by Crippen LogP contribution is -2.29. The molecule has 2 rings (SSSR count). The molecule has 0 atom stereocenters. The summed E-state index contributed by atoms with van der Waals surface area (Å²) in [6, 6.07) is 6.50. The van der Waals surface area contributed by atoms with Crippen molar-refractivity contribution in [1.29, 1.82) is 0 Å². The van der Waals surface area contributed by atoms with Crippen molar-refractivity contribution in [2.75, 3.05) is 24.5 Å². The number of anilines is 1. The van der Waals surface area contributed by atoms with Gasteiger partial charge in [0.05, 0.1) is 0 Å². The standard InChI is InChI=1S/C16H25ClN2/c1-13(2)11-18-12-14-6-7-15(10-16(14)17)19-8-4-3-5-9-19/h6-7,10,13,18H,3-5,8-9,11-12H2,1-2H3. The van der Waals surface area contributed by atoms with Crippen molar-refractivity contribution in [1.82, 2.24) is 5.32 Å². The lowest BCUT2D eigenvalue weighted by Gasteiger charge is -2.29. The fraction of sp³-hybridized carbons (Fsp3) is 0.625. The number of benzene rings is 1. The zero-order chi connectivity index (χ0) is 13.7. The summed E-state index contributed by atoms with van der Waals surface area (Å²) in [5.74, 6) is 0.673. The van der Waals surface area contributed by atoms with Crippen LogP contribution in [0.3, 0.4) is 0 Å². The Morgan fingerprint density at radius 1 is 1.21 bits per heavy atom. The third-order valence-corrected chi connectivity index (χ3v) is 3.98. The summed E-state index contributed by atoms with van der Waals surface area (Å²) in [5, 5.41) is 4.33. The van der Waals surface area contributed by atoms with Crippen molar-refractivity contribution in [2.24, 2.45) is 5.92 Å². The Balaban J connectivity index is 1.96. The van der Waals surface area contributed by atoms with Crippen molar-refractivity contribution in [3.05, 3.63) is 28.8 Å². The van der Waals surface area contributed by atoms with Gasteiger partial charge in [-0.25, -0.2) is 0 Å². The van der Waals surface area contributed by atoms with Crippen LogP contribution in [-0.4, -0.2) is 19.6 Å². The Morgan fingerprint density at radius 2 is 1.95 bits per heavy atom. The van der Waals surface area contributed by atoms with Gasteiger partial charge in [-0.2, -0.15) is 0 Å². The number of piperidine rings is 1. The third-order valence-electron chi connectivity index (χ3n) is 3.63. The Bertz CT molecular complexity index is 398. The molecule has 0 aliphatic carbocycles. The average molecular weight is 281 g/mol. The molecule has 1 fully saturated rings. The third kappa shape index (κ3) is 4.39. The van der Waals surface area contributed by atoms with E-state index < -0.39 is 0 Å². The molecule has 1 aromatic rings. The number of hydrogen-bond acceptors (Lipinski definition) is 2. The molecule has 0 radical (unpaired) electrons. The summed E-state index contributed by atoms with van der Waals surface area (Å²) in [6.45, 7) is 8.66. The molecular formula is C16H25ClN2. The SMILES string of the molecule is CC(C)CNCc1ccc(N2CCCCC2)cc1Cl. The first-order chi connectivity index (χ1) is 9.16. The van der Waals surface area contributed by atoms with Crippen LogP contribution in [-0.2, 0) is 6.54 Å². The maximum atomic E-state index is 6.40. The smallest absolute Gasteiger partial charge is 0.0471 e. The van der Waals surface area contributed by atoms with E-state index in [-0.39, 0.29) is 0 Å². The minimum absolute atomic E-state index is 0.673. The van der Waals surface area contributed by atoms with Crippen molar-refractivity contribution in [2.45, 2.75) is 39.7 Å². The molecule has 0 aromatic heterocycles. The number of hydrogen-bond donors (Lipinski definition) is 1. The van der Waals surface area contributed by atoms with Crippen LogP contribution in [0.25, 0.3) is 0 Å². The highest BCUT2D eigenvalue weighted by Gasteiger charge is 2.12. The van der Waals surface area contributed by atoms with Crippen LogP contribution >= 0.6 is 11.6 Å². The highest BCUT2D eigenvalue weighted by Crippen LogP contribution is 2.26. The highest BCUT2D eigenvalue weighted by atomic mass is 35.5. The van der Waals surface area contributed by atoms with E-state index in [1.165, 1.54) is 43.6 Å². The minimum atomic E-state index is 0.673. The van der Waals surface area contributed by atoms with E-state index in [1.54, 1.807) is 0 Å². The molecule has 2 nitrogen and oxygen atoms in total. The van der Waals surface area contributed by atoms with Gasteiger partial charge in [0.15, 0.2) is 0 Å². The molecular weight excluding hydrogens is 256 g/mol. The van der Waals surface area contributed by atoms with Crippen LogP contribution < -0.4 is 10.2 Å². The molecule has 1 aliphatic heterocycles. The minimum Gasteiger partial charge on any atom is -0.371 e. The molecule has 0 saturated carbocycles. The molecule has 106 valence electrons. The topological polar surface area (TPSA) is 15.3 Å². The average Bonchev–Trinajstić information content (AvgIpc) is 2.41. The lowest BCUT2D eigenvalue weighted by atomic mass is 10.1. The fourth-order valence-electron chi connectivity index (χ4n) is 2.52. The van der Waals surface area contributed by atoms with Crippen LogP contribution in [0.4, 0.5) is 5.69 Å². The number of nitrogens with one attached hydrogen (secondary N) is 1. The summed E-state index contributed by atoms with van der Waals surface area (Å²) in [7, 11) is 0. The fourth-order valence-corrected chi connectivity index (χ4v) is 2.77. The number of halogens is 1. The van der Waals surface area contributed by atoms with E-state index in [2.05, 4.69) is 42.3 Å². The second kappa shape index (κ2) is 7.16. The predicted octanol–water partition coefficient (Wildman–Crippen LogP) is 4.08. The number of nitrogens with zero attached hydrogens (tertiary/aromatic N) is 1. The van der Waals surface area contributed by atoms with Gasteiger partial charge in [-0.15, -0.1) is 0 Å². The van der Waals surface area contributed by atoms with Gasteiger partial charge in [0, 0.05) is 30.3 Å². The van der Waals surface area contributed by atoms with Gasteiger partial charge in [-0.1, -0.05) is 31.5 Å². The molecule has 0 spiro atoms. The van der Waals surface area contributed by atoms with Gasteiger partial charge in [0.1, 0.15) is 0 Å². The quantitative estimate of drug-likeness (QED) is 0.874. The van der Waals surface area contributed by atoms with Gasteiger partial charge in [-0.3, -0.25) is 0 Å². The van der Waals surface area contributed by atoms with Gasteiger partial charge in [0.25, 0.3) is 0 Å². The first-order valence-electron chi connectivity index (χ1n) is 7.41. The number of rotatable bonds is 5. The van der Waals surface area contributed by atoms with Crippen molar-refractivity contribution < 1.29 is 0 Å². The van der Waals surface area contributed by atoms with E-state index in [0.717, 1.165) is 18.1 Å². The van der Waals surface area contributed by atoms with E-state index >= 15 is 0 Å². The van der Waals surface area contributed by atoms with Gasteiger partial charge >= 0.3 is 0 Å². The Morgan fingerprint density at radius 3 is 2.58 bits per heavy atom. The molecule has 1 N–H and O–H groups in total. The summed E-state index contributed by atoms with van der Waals surface area (Å²) < 4.78 is 0. The first-order valence-corrected chi connectivity index (χ1v) is 7.78. The summed E-state index contributed by atoms with van der Waals surface area (Å²) in [5.41, 5.74) is 2.47. The summed E-state index contributed by atoms with van der Waals surface area (Å²) in [6.07, 6.45) is 3.96. The monoisotopic (exact) mass is 280 g/mol. The molecule has 0 unspecified atom stereocenters. The van der Waals surface area contributed by atoms with E-state index in [4.69, 9.17) is 11.6 Å². The Labute approximate surface area is 122 Å². The molecule has 1 aromatic carbocycles. The molecule has 0 amide bonds. The largest absolute Gasteiger partial charge is 0.371 e. The van der Waals surface area contributed by atoms with Gasteiger partial charge < -0.3 is 10.2 Å². The molecule has 1 saturated heterocycles. The second-order valence-electron chi connectivity index (χ2n) is 5.85. The molecule has 19 heavy (non-hydrogen) atoms. The lowest BCUT2D eigenvalue weighted by molar-refractivity contribution is 0.552.